The largest absolute Gasteiger partial charge is 0.497 e. The molecule has 0 aliphatic heterocycles. The lowest BCUT2D eigenvalue weighted by molar-refractivity contribution is -0.121. The number of carbonyl (C=O) groups excluding carboxylic acids is 2. The van der Waals surface area contributed by atoms with E-state index in [9.17, 15) is 9.59 Å². The molecular weight excluding hydrogens is 344 g/mol. The molecule has 3 rings (SSSR count). The van der Waals surface area contributed by atoms with Gasteiger partial charge in [0, 0.05) is 0 Å². The molecule has 0 saturated heterocycles. The fraction of sp³-hybridized carbons (Fsp3) is 0.143. The number of rotatable bonds is 5. The lowest BCUT2D eigenvalue weighted by Gasteiger charge is -2.12. The van der Waals surface area contributed by atoms with Gasteiger partial charge in [-0.2, -0.15) is 0 Å². The molecule has 0 fully saturated rings. The van der Waals surface area contributed by atoms with Gasteiger partial charge in [0.05, 0.1) is 26.2 Å². The fourth-order valence-corrected chi connectivity index (χ4v) is 2.85. The average molecular weight is 364 g/mol. The standard InChI is InChI=1S/C21H20N2O4/c1-26-16-10-11-19(27-2)18(13-16)21(25)23-22-20(24)12-15-8-5-7-14-6-3-4-9-17(14)15/h3-11,13H,12H2,1-2H3,(H,22,24)(H,23,25). The van der Waals surface area contributed by atoms with Gasteiger partial charge in [-0.15, -0.1) is 0 Å². The molecule has 6 heteroatoms. The molecule has 0 radical (unpaired) electrons. The molecule has 27 heavy (non-hydrogen) atoms. The van der Waals surface area contributed by atoms with Crippen LogP contribution >= 0.6 is 0 Å². The van der Waals surface area contributed by atoms with E-state index in [1.807, 2.05) is 42.5 Å². The molecule has 0 aliphatic rings. The predicted molar refractivity (Wildman–Crippen MR) is 103 cm³/mol. The van der Waals surface area contributed by atoms with E-state index in [1.165, 1.54) is 14.2 Å². The SMILES string of the molecule is COc1ccc(OC)c(C(=O)NNC(=O)Cc2cccc3ccccc23)c1. The second kappa shape index (κ2) is 8.23. The van der Waals surface area contributed by atoms with E-state index in [0.717, 1.165) is 16.3 Å². The molecule has 0 unspecified atom stereocenters. The molecule has 2 N–H and O–H groups in total. The first-order valence-electron chi connectivity index (χ1n) is 8.40. The summed E-state index contributed by atoms with van der Waals surface area (Å²) in [5.74, 6) is 0.0956. The molecule has 138 valence electrons. The number of carbonyl (C=O) groups is 2. The van der Waals surface area contributed by atoms with Crippen molar-refractivity contribution >= 4 is 22.6 Å². The maximum absolute atomic E-state index is 12.4. The van der Waals surface area contributed by atoms with Gasteiger partial charge in [-0.25, -0.2) is 0 Å². The van der Waals surface area contributed by atoms with Gasteiger partial charge in [-0.05, 0) is 34.5 Å². The monoisotopic (exact) mass is 364 g/mol. The Hall–Kier alpha value is -3.54. The van der Waals surface area contributed by atoms with Gasteiger partial charge in [0.2, 0.25) is 5.91 Å². The minimum absolute atomic E-state index is 0.150. The molecule has 3 aromatic carbocycles. The first kappa shape index (κ1) is 18.3. The van der Waals surface area contributed by atoms with Crippen LogP contribution in [0.3, 0.4) is 0 Å². The Bertz CT molecular complexity index is 980. The van der Waals surface area contributed by atoms with Crippen molar-refractivity contribution in [1.82, 2.24) is 10.9 Å². The van der Waals surface area contributed by atoms with Crippen molar-refractivity contribution < 1.29 is 19.1 Å². The highest BCUT2D eigenvalue weighted by atomic mass is 16.5. The van der Waals surface area contributed by atoms with Crippen LogP contribution in [0.4, 0.5) is 0 Å². The van der Waals surface area contributed by atoms with Crippen LogP contribution in [0, 0.1) is 0 Å². The Kier molecular flexibility index (Phi) is 5.56. The quantitative estimate of drug-likeness (QED) is 0.683. The highest BCUT2D eigenvalue weighted by Crippen LogP contribution is 2.23. The summed E-state index contributed by atoms with van der Waals surface area (Å²) in [7, 11) is 2.98. The molecule has 0 spiro atoms. The molecule has 0 aliphatic carbocycles. The number of hydrogen-bond acceptors (Lipinski definition) is 4. The molecule has 3 aromatic rings. The third-order valence-electron chi connectivity index (χ3n) is 4.20. The van der Waals surface area contributed by atoms with Crippen molar-refractivity contribution in [3.8, 4) is 11.5 Å². The summed E-state index contributed by atoms with van der Waals surface area (Å²) in [6.45, 7) is 0. The number of hydrogen-bond donors (Lipinski definition) is 2. The number of methoxy groups -OCH3 is 2. The molecule has 0 aromatic heterocycles. The molecule has 0 saturated carbocycles. The molecule has 6 nitrogen and oxygen atoms in total. The number of fused-ring (bicyclic) bond motifs is 1. The Labute approximate surface area is 157 Å². The topological polar surface area (TPSA) is 76.7 Å². The van der Waals surface area contributed by atoms with Crippen molar-refractivity contribution in [2.75, 3.05) is 14.2 Å². The van der Waals surface area contributed by atoms with Gasteiger partial charge in [0.15, 0.2) is 0 Å². The number of hydrazine groups is 1. The maximum Gasteiger partial charge on any atom is 0.273 e. The first-order valence-corrected chi connectivity index (χ1v) is 8.40. The lowest BCUT2D eigenvalue weighted by Crippen LogP contribution is -2.42. The third kappa shape index (κ3) is 4.17. The first-order chi connectivity index (χ1) is 13.1. The second-order valence-electron chi connectivity index (χ2n) is 5.88. The summed E-state index contributed by atoms with van der Waals surface area (Å²) in [6.07, 6.45) is 0.150. The molecule has 2 amide bonds. The zero-order valence-electron chi connectivity index (χ0n) is 15.1. The van der Waals surface area contributed by atoms with E-state index in [2.05, 4.69) is 10.9 Å². The van der Waals surface area contributed by atoms with Crippen molar-refractivity contribution in [3.63, 3.8) is 0 Å². The van der Waals surface area contributed by atoms with Crippen LogP contribution in [0.15, 0.2) is 60.7 Å². The Morgan fingerprint density at radius 1 is 0.889 bits per heavy atom. The van der Waals surface area contributed by atoms with Crippen LogP contribution in [0.5, 0.6) is 11.5 Å². The van der Waals surface area contributed by atoms with Gasteiger partial charge in [0.1, 0.15) is 11.5 Å². The Balaban J connectivity index is 1.68. The minimum Gasteiger partial charge on any atom is -0.497 e. The highest BCUT2D eigenvalue weighted by Gasteiger charge is 2.15. The van der Waals surface area contributed by atoms with Crippen LogP contribution < -0.4 is 20.3 Å². The highest BCUT2D eigenvalue weighted by molar-refractivity contribution is 5.98. The van der Waals surface area contributed by atoms with Crippen LogP contribution in [-0.2, 0) is 11.2 Å². The minimum atomic E-state index is -0.489. The van der Waals surface area contributed by atoms with Gasteiger partial charge < -0.3 is 9.47 Å². The zero-order valence-corrected chi connectivity index (χ0v) is 15.1. The van der Waals surface area contributed by atoms with Gasteiger partial charge in [-0.3, -0.25) is 20.4 Å². The Morgan fingerprint density at radius 3 is 2.44 bits per heavy atom. The molecule has 0 bridgehead atoms. The van der Waals surface area contributed by atoms with Gasteiger partial charge in [0.25, 0.3) is 5.91 Å². The summed E-state index contributed by atoms with van der Waals surface area (Å²) in [5.41, 5.74) is 6.02. The van der Waals surface area contributed by atoms with E-state index >= 15 is 0 Å². The van der Waals surface area contributed by atoms with E-state index in [-0.39, 0.29) is 17.9 Å². The van der Waals surface area contributed by atoms with Crippen molar-refractivity contribution in [2.24, 2.45) is 0 Å². The third-order valence-corrected chi connectivity index (χ3v) is 4.20. The number of ether oxygens (including phenoxy) is 2. The van der Waals surface area contributed by atoms with Gasteiger partial charge >= 0.3 is 0 Å². The lowest BCUT2D eigenvalue weighted by atomic mass is 10.0. The van der Waals surface area contributed by atoms with Crippen LogP contribution in [0.2, 0.25) is 0 Å². The zero-order chi connectivity index (χ0) is 19.2. The van der Waals surface area contributed by atoms with Crippen molar-refractivity contribution in [2.45, 2.75) is 6.42 Å². The van der Waals surface area contributed by atoms with Crippen LogP contribution in [-0.4, -0.2) is 26.0 Å². The summed E-state index contributed by atoms with van der Waals surface area (Å²) in [5, 5.41) is 2.07. The summed E-state index contributed by atoms with van der Waals surface area (Å²) in [6, 6.07) is 18.5. The van der Waals surface area contributed by atoms with Crippen molar-refractivity contribution in [1.29, 1.82) is 0 Å². The van der Waals surface area contributed by atoms with E-state index < -0.39 is 5.91 Å². The number of nitrogens with one attached hydrogen (secondary N) is 2. The predicted octanol–water partition coefficient (Wildman–Crippen LogP) is 2.86. The van der Waals surface area contributed by atoms with Crippen LogP contribution in [0.1, 0.15) is 15.9 Å². The number of benzene rings is 3. The fourth-order valence-electron chi connectivity index (χ4n) is 2.85. The van der Waals surface area contributed by atoms with Crippen molar-refractivity contribution in [3.05, 3.63) is 71.8 Å². The summed E-state index contributed by atoms with van der Waals surface area (Å²) >= 11 is 0. The van der Waals surface area contributed by atoms with E-state index in [0.29, 0.717) is 11.5 Å². The Morgan fingerprint density at radius 2 is 1.67 bits per heavy atom. The number of amides is 2. The van der Waals surface area contributed by atoms with Gasteiger partial charge in [-0.1, -0.05) is 42.5 Å². The van der Waals surface area contributed by atoms with E-state index in [1.54, 1.807) is 18.2 Å². The van der Waals surface area contributed by atoms with E-state index in [4.69, 9.17) is 9.47 Å². The second-order valence-corrected chi connectivity index (χ2v) is 5.88. The summed E-state index contributed by atoms with van der Waals surface area (Å²) in [4.78, 5) is 24.7. The van der Waals surface area contributed by atoms with Crippen LogP contribution in [0.25, 0.3) is 10.8 Å². The summed E-state index contributed by atoms with van der Waals surface area (Å²) < 4.78 is 10.3. The maximum atomic E-state index is 12.4. The molecular formula is C21H20N2O4. The molecule has 0 heterocycles. The normalized spacial score (nSPS) is 10.3. The molecule has 0 atom stereocenters. The average Bonchev–Trinajstić information content (AvgIpc) is 2.71. The smallest absolute Gasteiger partial charge is 0.273 e.